The van der Waals surface area contributed by atoms with Crippen molar-refractivity contribution in [1.82, 2.24) is 14.5 Å². The Hall–Kier alpha value is -1.98. The minimum absolute atomic E-state index is 0.563. The van der Waals surface area contributed by atoms with Crippen molar-refractivity contribution in [2.45, 2.75) is 13.2 Å². The highest BCUT2D eigenvalue weighted by Gasteiger charge is 2.20. The third kappa shape index (κ3) is 2.57. The van der Waals surface area contributed by atoms with Gasteiger partial charge in [0, 0.05) is 19.9 Å². The van der Waals surface area contributed by atoms with Crippen LogP contribution in [0.4, 0.5) is 0 Å². The van der Waals surface area contributed by atoms with Gasteiger partial charge >= 0.3 is 0 Å². The Balaban J connectivity index is 0.000000637. The molecular weight excluding hydrogens is 242 g/mol. The zero-order chi connectivity index (χ0) is 13.7. The van der Waals surface area contributed by atoms with E-state index in [9.17, 15) is 0 Å². The molecule has 2 aromatic rings. The lowest BCUT2D eigenvalue weighted by Crippen LogP contribution is -2.17. The third-order valence-corrected chi connectivity index (χ3v) is 2.86. The van der Waals surface area contributed by atoms with Crippen molar-refractivity contribution < 1.29 is 9.84 Å². The standard InChI is InChI=1S/C13H13N3O.CH4O/c1-2-10-13(11-5-3-4-6-14-11)16-7-8-17-9-12(16)15-10;1-2/h2-6H,1,7-9H2;2H,1H3. The number of pyridine rings is 1. The Morgan fingerprint density at radius 3 is 2.95 bits per heavy atom. The largest absolute Gasteiger partial charge is 0.400 e. The van der Waals surface area contributed by atoms with Crippen LogP contribution in [-0.4, -0.2) is 33.4 Å². The lowest BCUT2D eigenvalue weighted by molar-refractivity contribution is 0.0821. The van der Waals surface area contributed by atoms with Crippen molar-refractivity contribution in [1.29, 1.82) is 0 Å². The number of aliphatic hydroxyl groups excluding tert-OH is 1. The second-order valence-corrected chi connectivity index (χ2v) is 3.89. The summed E-state index contributed by atoms with van der Waals surface area (Å²) in [6.07, 6.45) is 3.57. The second kappa shape index (κ2) is 6.26. The van der Waals surface area contributed by atoms with Crippen molar-refractivity contribution in [3.05, 3.63) is 42.5 Å². The molecule has 0 atom stereocenters. The number of imidazole rings is 1. The van der Waals surface area contributed by atoms with Gasteiger partial charge in [0.2, 0.25) is 0 Å². The minimum atomic E-state index is 0.563. The van der Waals surface area contributed by atoms with Crippen molar-refractivity contribution >= 4 is 6.08 Å². The van der Waals surface area contributed by atoms with Crippen LogP contribution in [0, 0.1) is 0 Å². The lowest BCUT2D eigenvalue weighted by Gasteiger charge is -2.16. The van der Waals surface area contributed by atoms with Gasteiger partial charge in [-0.3, -0.25) is 4.98 Å². The molecule has 3 rings (SSSR count). The molecule has 0 bridgehead atoms. The predicted octanol–water partition coefficient (Wildman–Crippen LogP) is 1.73. The lowest BCUT2D eigenvalue weighted by atomic mass is 10.2. The monoisotopic (exact) mass is 259 g/mol. The van der Waals surface area contributed by atoms with Gasteiger partial charge in [-0.05, 0) is 18.2 Å². The molecule has 0 radical (unpaired) electrons. The fourth-order valence-electron chi connectivity index (χ4n) is 2.10. The highest BCUT2D eigenvalue weighted by atomic mass is 16.5. The van der Waals surface area contributed by atoms with E-state index in [1.807, 2.05) is 18.2 Å². The van der Waals surface area contributed by atoms with Gasteiger partial charge in [-0.2, -0.15) is 0 Å². The number of aliphatic hydroxyl groups is 1. The summed E-state index contributed by atoms with van der Waals surface area (Å²) in [4.78, 5) is 8.91. The molecule has 19 heavy (non-hydrogen) atoms. The van der Waals surface area contributed by atoms with Gasteiger partial charge in [0.15, 0.2) is 0 Å². The third-order valence-electron chi connectivity index (χ3n) is 2.86. The van der Waals surface area contributed by atoms with E-state index in [1.54, 1.807) is 12.3 Å². The Morgan fingerprint density at radius 1 is 1.42 bits per heavy atom. The fraction of sp³-hybridized carbons (Fsp3) is 0.286. The number of fused-ring (bicyclic) bond motifs is 1. The van der Waals surface area contributed by atoms with Gasteiger partial charge in [0.05, 0.1) is 23.7 Å². The summed E-state index contributed by atoms with van der Waals surface area (Å²) in [6.45, 7) is 5.92. The summed E-state index contributed by atoms with van der Waals surface area (Å²) < 4.78 is 7.58. The van der Waals surface area contributed by atoms with E-state index in [1.165, 1.54) is 0 Å². The molecule has 0 aromatic carbocycles. The molecule has 0 aliphatic carbocycles. The SMILES string of the molecule is C=Cc1nc2n(c1-c1ccccn1)CCOC2.CO. The molecule has 100 valence electrons. The number of hydrogen-bond acceptors (Lipinski definition) is 4. The number of ether oxygens (including phenoxy) is 1. The predicted molar refractivity (Wildman–Crippen MR) is 73.3 cm³/mol. The number of rotatable bonds is 2. The highest BCUT2D eigenvalue weighted by molar-refractivity contribution is 5.67. The summed E-state index contributed by atoms with van der Waals surface area (Å²) in [6, 6.07) is 5.88. The summed E-state index contributed by atoms with van der Waals surface area (Å²) in [5, 5.41) is 7.00. The highest BCUT2D eigenvalue weighted by Crippen LogP contribution is 2.26. The molecule has 2 aromatic heterocycles. The molecule has 1 aliphatic rings. The molecule has 0 amide bonds. The van der Waals surface area contributed by atoms with Gasteiger partial charge in [-0.15, -0.1) is 0 Å². The van der Waals surface area contributed by atoms with Gasteiger partial charge in [-0.1, -0.05) is 12.6 Å². The van der Waals surface area contributed by atoms with Crippen LogP contribution in [0.5, 0.6) is 0 Å². The number of hydrogen-bond donors (Lipinski definition) is 1. The molecule has 0 saturated carbocycles. The smallest absolute Gasteiger partial charge is 0.136 e. The second-order valence-electron chi connectivity index (χ2n) is 3.89. The van der Waals surface area contributed by atoms with Gasteiger partial charge < -0.3 is 14.4 Å². The summed E-state index contributed by atoms with van der Waals surface area (Å²) in [7, 11) is 1.00. The topological polar surface area (TPSA) is 60.2 Å². The molecule has 0 fully saturated rings. The van der Waals surface area contributed by atoms with Crippen LogP contribution in [-0.2, 0) is 17.9 Å². The molecule has 1 aliphatic heterocycles. The zero-order valence-corrected chi connectivity index (χ0v) is 10.9. The van der Waals surface area contributed by atoms with Gasteiger partial charge in [0.25, 0.3) is 0 Å². The van der Waals surface area contributed by atoms with Crippen LogP contribution >= 0.6 is 0 Å². The first-order valence-electron chi connectivity index (χ1n) is 6.06. The van der Waals surface area contributed by atoms with Crippen molar-refractivity contribution in [3.8, 4) is 11.4 Å². The van der Waals surface area contributed by atoms with E-state index < -0.39 is 0 Å². The van der Waals surface area contributed by atoms with Crippen LogP contribution < -0.4 is 0 Å². The van der Waals surface area contributed by atoms with E-state index >= 15 is 0 Å². The fourth-order valence-corrected chi connectivity index (χ4v) is 2.10. The average molecular weight is 259 g/mol. The molecule has 5 heteroatoms. The molecule has 0 unspecified atom stereocenters. The first-order valence-corrected chi connectivity index (χ1v) is 6.06. The Kier molecular flexibility index (Phi) is 4.43. The number of nitrogens with zero attached hydrogens (tertiary/aromatic N) is 3. The molecule has 1 N–H and O–H groups in total. The minimum Gasteiger partial charge on any atom is -0.400 e. The quantitative estimate of drug-likeness (QED) is 0.892. The summed E-state index contributed by atoms with van der Waals surface area (Å²) in [5.74, 6) is 0.951. The maximum atomic E-state index is 7.00. The summed E-state index contributed by atoms with van der Waals surface area (Å²) >= 11 is 0. The Morgan fingerprint density at radius 2 is 2.26 bits per heavy atom. The first-order chi connectivity index (χ1) is 9.40. The molecule has 5 nitrogen and oxygen atoms in total. The maximum Gasteiger partial charge on any atom is 0.136 e. The summed E-state index contributed by atoms with van der Waals surface area (Å²) in [5.41, 5.74) is 2.85. The van der Waals surface area contributed by atoms with Crippen LogP contribution in [0.15, 0.2) is 31.0 Å². The molecule has 0 saturated heterocycles. The van der Waals surface area contributed by atoms with Gasteiger partial charge in [0.1, 0.15) is 12.4 Å². The zero-order valence-electron chi connectivity index (χ0n) is 10.9. The van der Waals surface area contributed by atoms with Crippen LogP contribution in [0.1, 0.15) is 11.5 Å². The Bertz CT molecular complexity index is 549. The first kappa shape index (κ1) is 13.5. The van der Waals surface area contributed by atoms with Crippen LogP contribution in [0.25, 0.3) is 17.5 Å². The average Bonchev–Trinajstić information content (AvgIpc) is 2.88. The van der Waals surface area contributed by atoms with Crippen LogP contribution in [0.2, 0.25) is 0 Å². The normalized spacial score (nSPS) is 13.2. The molecule has 3 heterocycles. The number of aromatic nitrogens is 3. The van der Waals surface area contributed by atoms with E-state index in [0.717, 1.165) is 43.2 Å². The van der Waals surface area contributed by atoms with Crippen molar-refractivity contribution in [2.24, 2.45) is 0 Å². The van der Waals surface area contributed by atoms with Crippen molar-refractivity contribution in [3.63, 3.8) is 0 Å². The molecular formula is C14H17N3O2. The van der Waals surface area contributed by atoms with E-state index in [2.05, 4.69) is 21.1 Å². The van der Waals surface area contributed by atoms with Crippen LogP contribution in [0.3, 0.4) is 0 Å². The molecule has 0 spiro atoms. The Labute approximate surface area is 112 Å². The van der Waals surface area contributed by atoms with E-state index in [-0.39, 0.29) is 0 Å². The van der Waals surface area contributed by atoms with E-state index in [0.29, 0.717) is 6.61 Å². The maximum absolute atomic E-state index is 7.00. The van der Waals surface area contributed by atoms with Gasteiger partial charge in [-0.25, -0.2) is 4.98 Å². The van der Waals surface area contributed by atoms with E-state index in [4.69, 9.17) is 9.84 Å². The van der Waals surface area contributed by atoms with Crippen molar-refractivity contribution in [2.75, 3.05) is 13.7 Å².